The summed E-state index contributed by atoms with van der Waals surface area (Å²) in [6, 6.07) is 5.97. The van der Waals surface area contributed by atoms with Crippen LogP contribution in [0.3, 0.4) is 0 Å². The van der Waals surface area contributed by atoms with Crippen LogP contribution >= 0.6 is 24.0 Å². The number of guanidine groups is 1. The van der Waals surface area contributed by atoms with Gasteiger partial charge in [-0.25, -0.2) is 9.98 Å². The highest BCUT2D eigenvalue weighted by Gasteiger charge is 2.06. The number of nitrogens with one attached hydrogen (secondary N) is 2. The summed E-state index contributed by atoms with van der Waals surface area (Å²) in [4.78, 5) is 8.96. The van der Waals surface area contributed by atoms with Gasteiger partial charge in [-0.2, -0.15) is 5.10 Å². The fraction of sp³-hybridized carbons (Fsp3) is 0.550. The molecule has 0 aliphatic carbocycles. The van der Waals surface area contributed by atoms with Crippen molar-refractivity contribution in [1.29, 1.82) is 0 Å². The lowest BCUT2D eigenvalue weighted by Crippen LogP contribution is -2.38. The molecule has 8 nitrogen and oxygen atoms in total. The van der Waals surface area contributed by atoms with E-state index in [-0.39, 0.29) is 24.0 Å². The van der Waals surface area contributed by atoms with Crippen molar-refractivity contribution in [2.45, 2.75) is 40.3 Å². The van der Waals surface area contributed by atoms with Crippen LogP contribution in [0.1, 0.15) is 30.3 Å². The molecule has 0 aromatic carbocycles. The van der Waals surface area contributed by atoms with Crippen molar-refractivity contribution in [3.8, 4) is 5.88 Å². The second-order valence-electron chi connectivity index (χ2n) is 6.43. The van der Waals surface area contributed by atoms with E-state index in [9.17, 15) is 0 Å². The summed E-state index contributed by atoms with van der Waals surface area (Å²) < 4.78 is 12.7. The summed E-state index contributed by atoms with van der Waals surface area (Å²) in [5.41, 5.74) is 3.19. The highest BCUT2D eigenvalue weighted by molar-refractivity contribution is 14.0. The molecule has 0 radical (unpaired) electrons. The molecule has 0 saturated heterocycles. The lowest BCUT2D eigenvalue weighted by Gasteiger charge is -2.13. The summed E-state index contributed by atoms with van der Waals surface area (Å²) in [6.07, 6.45) is 2.68. The van der Waals surface area contributed by atoms with Crippen LogP contribution in [0.5, 0.6) is 5.88 Å². The molecule has 0 unspecified atom stereocenters. The summed E-state index contributed by atoms with van der Waals surface area (Å²) in [5.74, 6) is 1.38. The number of hydrogen-bond donors (Lipinski definition) is 2. The van der Waals surface area contributed by atoms with E-state index in [4.69, 9.17) is 9.47 Å². The number of aliphatic imine (C=N–C) groups is 1. The molecule has 29 heavy (non-hydrogen) atoms. The average molecular weight is 516 g/mol. The summed E-state index contributed by atoms with van der Waals surface area (Å²) >= 11 is 0. The van der Waals surface area contributed by atoms with Gasteiger partial charge in [0.05, 0.1) is 18.8 Å². The van der Waals surface area contributed by atoms with Gasteiger partial charge in [0.15, 0.2) is 5.96 Å². The van der Waals surface area contributed by atoms with Crippen molar-refractivity contribution in [2.75, 3.05) is 33.4 Å². The second-order valence-corrected chi connectivity index (χ2v) is 6.43. The maximum atomic E-state index is 5.67. The Hall–Kier alpha value is -1.88. The van der Waals surface area contributed by atoms with Crippen molar-refractivity contribution >= 4 is 29.9 Å². The summed E-state index contributed by atoms with van der Waals surface area (Å²) in [6.45, 7) is 10.1. The first-order valence-electron chi connectivity index (χ1n) is 9.73. The molecule has 9 heteroatoms. The quantitative estimate of drug-likeness (QED) is 0.207. The van der Waals surface area contributed by atoms with Crippen LogP contribution in [-0.2, 0) is 17.8 Å². The molecule has 2 aromatic heterocycles. The van der Waals surface area contributed by atoms with E-state index in [2.05, 4.69) is 45.6 Å². The van der Waals surface area contributed by atoms with Crippen LogP contribution in [-0.4, -0.2) is 54.1 Å². The molecular formula is C20H33IN6O2. The molecule has 0 aliphatic rings. The van der Waals surface area contributed by atoms with Crippen molar-refractivity contribution in [3.05, 3.63) is 41.3 Å². The Morgan fingerprint density at radius 1 is 1.24 bits per heavy atom. The first-order chi connectivity index (χ1) is 13.6. The summed E-state index contributed by atoms with van der Waals surface area (Å²) in [7, 11) is 1.65. The topological polar surface area (TPSA) is 85.6 Å². The van der Waals surface area contributed by atoms with Gasteiger partial charge < -0.3 is 20.1 Å². The van der Waals surface area contributed by atoms with E-state index in [1.165, 1.54) is 5.69 Å². The number of aryl methyl sites for hydroxylation is 3. The Balaban J connectivity index is 0.00000420. The third-order valence-corrected chi connectivity index (χ3v) is 4.07. The lowest BCUT2D eigenvalue weighted by molar-refractivity contribution is 0.143. The SMILES string of the molecule is CCNC(=NCc1cccnc1OCCOC)NCCCn1nc(C)cc1C.I. The monoisotopic (exact) mass is 516 g/mol. The van der Waals surface area contributed by atoms with Gasteiger partial charge in [-0.3, -0.25) is 4.68 Å². The maximum absolute atomic E-state index is 5.67. The van der Waals surface area contributed by atoms with Gasteiger partial charge in [-0.05, 0) is 39.3 Å². The highest BCUT2D eigenvalue weighted by atomic mass is 127. The fourth-order valence-corrected chi connectivity index (χ4v) is 2.74. The van der Waals surface area contributed by atoms with E-state index >= 15 is 0 Å². The summed E-state index contributed by atoms with van der Waals surface area (Å²) in [5, 5.41) is 11.1. The highest BCUT2D eigenvalue weighted by Crippen LogP contribution is 2.15. The smallest absolute Gasteiger partial charge is 0.218 e. The molecule has 2 N–H and O–H groups in total. The van der Waals surface area contributed by atoms with Gasteiger partial charge in [0, 0.05) is 44.2 Å². The zero-order chi connectivity index (χ0) is 20.2. The molecule has 0 saturated carbocycles. The Bertz CT molecular complexity index is 750. The van der Waals surface area contributed by atoms with Gasteiger partial charge >= 0.3 is 0 Å². The number of hydrogen-bond acceptors (Lipinski definition) is 5. The Morgan fingerprint density at radius 3 is 2.76 bits per heavy atom. The predicted octanol–water partition coefficient (Wildman–Crippen LogP) is 2.68. The van der Waals surface area contributed by atoms with Crippen LogP contribution in [0, 0.1) is 13.8 Å². The molecule has 0 fully saturated rings. The average Bonchev–Trinajstić information content (AvgIpc) is 3.01. The molecule has 2 aromatic rings. The minimum Gasteiger partial charge on any atom is -0.475 e. The van der Waals surface area contributed by atoms with E-state index in [0.29, 0.717) is 25.6 Å². The van der Waals surface area contributed by atoms with Gasteiger partial charge in [-0.15, -0.1) is 24.0 Å². The molecule has 2 heterocycles. The number of nitrogens with zero attached hydrogens (tertiary/aromatic N) is 4. The third-order valence-electron chi connectivity index (χ3n) is 4.07. The van der Waals surface area contributed by atoms with Crippen molar-refractivity contribution in [1.82, 2.24) is 25.4 Å². The number of pyridine rings is 1. The van der Waals surface area contributed by atoms with E-state index in [1.807, 2.05) is 23.7 Å². The van der Waals surface area contributed by atoms with E-state index < -0.39 is 0 Å². The van der Waals surface area contributed by atoms with Crippen LogP contribution in [0.25, 0.3) is 0 Å². The Morgan fingerprint density at radius 2 is 2.07 bits per heavy atom. The third kappa shape index (κ3) is 8.99. The molecule has 0 bridgehead atoms. The minimum absolute atomic E-state index is 0. The predicted molar refractivity (Wildman–Crippen MR) is 126 cm³/mol. The Kier molecular flexibility index (Phi) is 12.3. The number of halogens is 1. The van der Waals surface area contributed by atoms with E-state index in [0.717, 1.165) is 43.3 Å². The molecule has 0 amide bonds. The number of rotatable bonds is 11. The maximum Gasteiger partial charge on any atom is 0.218 e. The van der Waals surface area contributed by atoms with Gasteiger partial charge in [0.25, 0.3) is 0 Å². The Labute approximate surface area is 190 Å². The lowest BCUT2D eigenvalue weighted by atomic mass is 10.3. The largest absolute Gasteiger partial charge is 0.475 e. The standard InChI is InChI=1S/C20H32N6O2.HI/c1-5-21-20(23-10-7-11-26-17(3)14-16(2)25-26)24-15-18-8-6-9-22-19(18)28-13-12-27-4;/h6,8-9,14H,5,7,10-13,15H2,1-4H3,(H2,21,23,24);1H. The first-order valence-corrected chi connectivity index (χ1v) is 9.73. The van der Waals surface area contributed by atoms with Crippen LogP contribution in [0.2, 0.25) is 0 Å². The molecule has 0 aliphatic heterocycles. The second kappa shape index (κ2) is 14.2. The molecular weight excluding hydrogens is 483 g/mol. The van der Waals surface area contributed by atoms with Crippen molar-refractivity contribution < 1.29 is 9.47 Å². The number of ether oxygens (including phenoxy) is 2. The molecule has 162 valence electrons. The zero-order valence-corrected chi connectivity index (χ0v) is 20.1. The van der Waals surface area contributed by atoms with Gasteiger partial charge in [-0.1, -0.05) is 6.07 Å². The van der Waals surface area contributed by atoms with E-state index in [1.54, 1.807) is 13.3 Å². The number of aromatic nitrogens is 3. The normalized spacial score (nSPS) is 11.1. The molecule has 2 rings (SSSR count). The first kappa shape index (κ1) is 25.2. The fourth-order valence-electron chi connectivity index (χ4n) is 2.74. The van der Waals surface area contributed by atoms with Crippen LogP contribution in [0.15, 0.2) is 29.4 Å². The van der Waals surface area contributed by atoms with Crippen molar-refractivity contribution in [3.63, 3.8) is 0 Å². The van der Waals surface area contributed by atoms with Gasteiger partial charge in [0.1, 0.15) is 6.61 Å². The zero-order valence-electron chi connectivity index (χ0n) is 17.8. The van der Waals surface area contributed by atoms with Crippen LogP contribution in [0.4, 0.5) is 0 Å². The van der Waals surface area contributed by atoms with Crippen molar-refractivity contribution in [2.24, 2.45) is 4.99 Å². The van der Waals surface area contributed by atoms with Gasteiger partial charge in [0.2, 0.25) is 5.88 Å². The number of methoxy groups -OCH3 is 1. The minimum atomic E-state index is 0. The van der Waals surface area contributed by atoms with Crippen LogP contribution < -0.4 is 15.4 Å². The molecule has 0 spiro atoms. The molecule has 0 atom stereocenters.